The summed E-state index contributed by atoms with van der Waals surface area (Å²) in [4.78, 5) is 80.8. The molecule has 5 heterocycles. The number of pyridine rings is 1. The van der Waals surface area contributed by atoms with E-state index in [-0.39, 0.29) is 80.2 Å². The van der Waals surface area contributed by atoms with Gasteiger partial charge in [-0.25, -0.2) is 19.6 Å². The molecule has 6 aromatic rings. The molecule has 0 bridgehead atoms. The van der Waals surface area contributed by atoms with Crippen LogP contribution >= 0.6 is 11.3 Å². The average molecular weight is 1200 g/mol. The summed E-state index contributed by atoms with van der Waals surface area (Å²) in [5.74, 6) is -0.825. The third-order valence-corrected chi connectivity index (χ3v) is 14.7. The minimum absolute atomic E-state index is 0.000144. The Balaban J connectivity index is 0.609. The van der Waals surface area contributed by atoms with Gasteiger partial charge >= 0.3 is 0 Å². The molecule has 1 saturated heterocycles. The highest BCUT2D eigenvalue weighted by Gasteiger charge is 2.44. The maximum absolute atomic E-state index is 14.0. The highest BCUT2D eigenvalue weighted by molar-refractivity contribution is 7.13. The second-order valence-corrected chi connectivity index (χ2v) is 22.1. The van der Waals surface area contributed by atoms with Crippen molar-refractivity contribution < 1.29 is 71.3 Å². The molecular weight excluding hydrogens is 1120 g/mol. The molecule has 0 spiro atoms. The first-order chi connectivity index (χ1) is 41.1. The van der Waals surface area contributed by atoms with E-state index in [0.717, 1.165) is 27.3 Å². The van der Waals surface area contributed by atoms with Crippen molar-refractivity contribution in [1.82, 2.24) is 34.9 Å². The second-order valence-electron chi connectivity index (χ2n) is 21.2. The van der Waals surface area contributed by atoms with Gasteiger partial charge in [0.15, 0.2) is 11.4 Å². The van der Waals surface area contributed by atoms with E-state index in [0.29, 0.717) is 134 Å². The topological polar surface area (TPSA) is 274 Å². The lowest BCUT2D eigenvalue weighted by Gasteiger charge is -2.34. The Morgan fingerprint density at radius 3 is 1.88 bits per heavy atom. The number of β-amino-alcohol motifs (C(OH)–C–C–N with tert-alkyl or cyclic N) is 1. The summed E-state index contributed by atoms with van der Waals surface area (Å²) in [6, 6.07) is 18.7. The molecule has 1 fully saturated rings. The van der Waals surface area contributed by atoms with Crippen LogP contribution in [0.2, 0.25) is 0 Å². The van der Waals surface area contributed by atoms with Crippen LogP contribution in [0, 0.1) is 18.3 Å². The zero-order valence-electron chi connectivity index (χ0n) is 49.2. The molecule has 7 rings (SSSR count). The lowest BCUT2D eigenvalue weighted by molar-refractivity contribution is -0.146. The molecule has 0 saturated carbocycles. The molecule has 4 aromatic heterocycles. The second kappa shape index (κ2) is 34.4. The van der Waals surface area contributed by atoms with Gasteiger partial charge in [0.05, 0.1) is 134 Å². The number of aryl methyl sites for hydroxylation is 2. The minimum atomic E-state index is -0.841. The zero-order valence-corrected chi connectivity index (χ0v) is 50.0. The molecule has 85 heavy (non-hydrogen) atoms. The van der Waals surface area contributed by atoms with E-state index in [1.807, 2.05) is 57.5 Å². The number of ether oxygens (including phenoxy) is 9. The van der Waals surface area contributed by atoms with Gasteiger partial charge in [0, 0.05) is 57.8 Å². The first kappa shape index (κ1) is 65.8. The van der Waals surface area contributed by atoms with E-state index in [1.54, 1.807) is 54.8 Å². The number of hydrogen-bond acceptors (Lipinski definition) is 21. The van der Waals surface area contributed by atoms with Crippen molar-refractivity contribution in [3.05, 3.63) is 111 Å². The third-order valence-electron chi connectivity index (χ3n) is 13.7. The van der Waals surface area contributed by atoms with Crippen molar-refractivity contribution in [1.29, 1.82) is 0 Å². The fourth-order valence-corrected chi connectivity index (χ4v) is 9.83. The molecule has 2 aromatic carbocycles. The molecule has 24 heteroatoms. The number of aliphatic hydroxyl groups is 1. The van der Waals surface area contributed by atoms with E-state index in [4.69, 9.17) is 47.0 Å². The number of ketones is 2. The minimum Gasteiger partial charge on any atom is -0.490 e. The summed E-state index contributed by atoms with van der Waals surface area (Å²) in [6.07, 6.45) is 1.05. The largest absolute Gasteiger partial charge is 0.490 e. The predicted octanol–water partition coefficient (Wildman–Crippen LogP) is 5.64. The first-order valence-electron chi connectivity index (χ1n) is 28.6. The fraction of sp³-hybridized carbons (Fsp3) is 0.525. The fourth-order valence-electron chi connectivity index (χ4n) is 9.02. The lowest BCUT2D eigenvalue weighted by atomic mass is 9.76. The van der Waals surface area contributed by atoms with E-state index < -0.39 is 23.5 Å². The number of amides is 2. The number of aromatic nitrogens is 5. The van der Waals surface area contributed by atoms with Crippen molar-refractivity contribution in [2.45, 2.75) is 72.1 Å². The standard InChI is InChI=1S/C61H79N7O16S/c1-42-57(85-41-64-42)45-9-6-43(7-10-45)38-63-58(73)53-37-47(70)40-68(53)60(74)49(61(2,3)4)36-46(69)16-17-75-18-19-76-20-21-77-22-23-78-24-25-79-26-27-80-28-29-81-30-31-82-32-33-83-48-11-12-50(62-39-48)54(71)35-44-8-14-55-52(34-44)65-59(84-55)51-13-15-56(72)67(5)66-51/h6-15,34,39,41,47,49,53,70H,16-33,35-38,40H2,1-5H3,(H,63,73)/t47-,49-,53+/m1/s1. The normalized spacial score (nSPS) is 14.7. The Kier molecular flexibility index (Phi) is 26.7. The molecule has 0 unspecified atom stereocenters. The van der Waals surface area contributed by atoms with Gasteiger partial charge < -0.3 is 62.4 Å². The van der Waals surface area contributed by atoms with Gasteiger partial charge in [0.25, 0.3) is 5.56 Å². The van der Waals surface area contributed by atoms with Gasteiger partial charge in [-0.15, -0.1) is 11.3 Å². The number of oxazole rings is 1. The Labute approximate surface area is 498 Å². The highest BCUT2D eigenvalue weighted by atomic mass is 32.1. The van der Waals surface area contributed by atoms with E-state index >= 15 is 0 Å². The SMILES string of the molecule is Cc1ncsc1-c1ccc(CNC(=O)[C@@H]2C[C@@H](O)CN2C(=O)[C@@H](CC(=O)CCOCCOCCOCCOCCOCCOCCOCCOCCOc2ccc(C(=O)Cc3ccc4oc(-c5ccc(=O)n(C)n5)nc4c3)nc2)C(C)(C)C)cc1. The Morgan fingerprint density at radius 2 is 1.33 bits per heavy atom. The Hall–Kier alpha value is -6.71. The van der Waals surface area contributed by atoms with Crippen LogP contribution in [-0.2, 0) is 72.3 Å². The maximum atomic E-state index is 14.0. The number of Topliss-reactive ketones (excluding diaryl/α,β-unsaturated/α-hetero) is 2. The summed E-state index contributed by atoms with van der Waals surface area (Å²) in [7, 11) is 1.55. The number of benzene rings is 2. The number of carbonyl (C=O) groups is 4. The number of rotatable bonds is 39. The van der Waals surface area contributed by atoms with Crippen LogP contribution in [0.25, 0.3) is 33.1 Å². The van der Waals surface area contributed by atoms with Crippen LogP contribution in [0.3, 0.4) is 0 Å². The molecule has 1 aliphatic heterocycles. The molecule has 0 aliphatic carbocycles. The van der Waals surface area contributed by atoms with Crippen LogP contribution < -0.4 is 15.6 Å². The molecule has 2 N–H and O–H groups in total. The van der Waals surface area contributed by atoms with Crippen LogP contribution in [0.15, 0.2) is 87.6 Å². The first-order valence-corrected chi connectivity index (χ1v) is 29.5. The smallest absolute Gasteiger partial charge is 0.266 e. The zero-order chi connectivity index (χ0) is 60.4. The van der Waals surface area contributed by atoms with Crippen LogP contribution in [0.5, 0.6) is 5.75 Å². The number of hydrogen-bond donors (Lipinski definition) is 2. The Morgan fingerprint density at radius 1 is 0.741 bits per heavy atom. The Bertz CT molecular complexity index is 3090. The number of nitrogens with zero attached hydrogens (tertiary/aromatic N) is 6. The molecule has 2 amide bonds. The number of aliphatic hydroxyl groups excluding tert-OH is 1. The number of fused-ring (bicyclic) bond motifs is 1. The van der Waals surface area contributed by atoms with E-state index in [2.05, 4.69) is 25.4 Å². The summed E-state index contributed by atoms with van der Waals surface area (Å²) in [5, 5.41) is 17.7. The molecule has 23 nitrogen and oxygen atoms in total. The predicted molar refractivity (Wildman–Crippen MR) is 314 cm³/mol. The van der Waals surface area contributed by atoms with E-state index in [9.17, 15) is 29.1 Å². The van der Waals surface area contributed by atoms with Crippen molar-refractivity contribution >= 4 is 45.8 Å². The molecule has 0 radical (unpaired) electrons. The van der Waals surface area contributed by atoms with E-state index in [1.165, 1.54) is 21.8 Å². The summed E-state index contributed by atoms with van der Waals surface area (Å²) in [6.45, 7) is 14.4. The van der Waals surface area contributed by atoms with Crippen molar-refractivity contribution in [2.75, 3.05) is 119 Å². The van der Waals surface area contributed by atoms with Gasteiger partial charge in [-0.2, -0.15) is 5.10 Å². The summed E-state index contributed by atoms with van der Waals surface area (Å²) in [5.41, 5.74) is 6.53. The number of thiazole rings is 1. The summed E-state index contributed by atoms with van der Waals surface area (Å²) < 4.78 is 57.3. The van der Waals surface area contributed by atoms with Crippen LogP contribution in [0.4, 0.5) is 0 Å². The van der Waals surface area contributed by atoms with Crippen molar-refractivity contribution in [2.24, 2.45) is 18.4 Å². The molecule has 1 aliphatic rings. The average Bonchev–Trinajstić information content (AvgIpc) is 3.44. The number of nitrogens with one attached hydrogen (secondary N) is 1. The highest BCUT2D eigenvalue weighted by Crippen LogP contribution is 2.34. The van der Waals surface area contributed by atoms with Gasteiger partial charge in [-0.1, -0.05) is 51.1 Å². The van der Waals surface area contributed by atoms with Crippen LogP contribution in [0.1, 0.15) is 67.3 Å². The number of carbonyl (C=O) groups excluding carboxylic acids is 4. The van der Waals surface area contributed by atoms with Gasteiger partial charge in [0.2, 0.25) is 17.7 Å². The van der Waals surface area contributed by atoms with Crippen molar-refractivity contribution in [3.63, 3.8) is 0 Å². The molecule has 460 valence electrons. The van der Waals surface area contributed by atoms with Gasteiger partial charge in [0.1, 0.15) is 41.1 Å². The van der Waals surface area contributed by atoms with Crippen LogP contribution in [-0.4, -0.2) is 189 Å². The quantitative estimate of drug-likeness (QED) is 0.0349. The molecular formula is C61H79N7O16S. The monoisotopic (exact) mass is 1200 g/mol. The van der Waals surface area contributed by atoms with Gasteiger partial charge in [-0.3, -0.25) is 24.0 Å². The lowest BCUT2D eigenvalue weighted by Crippen LogP contribution is -2.50. The number of likely N-dealkylation sites (tertiary alicyclic amines) is 1. The maximum Gasteiger partial charge on any atom is 0.266 e. The third kappa shape index (κ3) is 21.6. The van der Waals surface area contributed by atoms with Crippen molar-refractivity contribution in [3.8, 4) is 27.8 Å². The van der Waals surface area contributed by atoms with Gasteiger partial charge in [-0.05, 0) is 59.4 Å². The summed E-state index contributed by atoms with van der Waals surface area (Å²) >= 11 is 1.57. The molecule has 3 atom stereocenters.